The summed E-state index contributed by atoms with van der Waals surface area (Å²) in [5, 5.41) is 7.85. The van der Waals surface area contributed by atoms with E-state index in [2.05, 4.69) is 54.6 Å². The zero-order valence-electron chi connectivity index (χ0n) is 12.8. The number of nitrogens with zero attached hydrogens (tertiary/aromatic N) is 2. The van der Waals surface area contributed by atoms with Crippen molar-refractivity contribution < 1.29 is 0 Å². The minimum Gasteiger partial charge on any atom is -0.314 e. The zero-order valence-corrected chi connectivity index (χ0v) is 12.8. The largest absolute Gasteiger partial charge is 0.314 e. The van der Waals surface area contributed by atoms with E-state index in [4.69, 9.17) is 0 Å². The minimum atomic E-state index is 0.524. The Morgan fingerprint density at radius 1 is 1.25 bits per heavy atom. The van der Waals surface area contributed by atoms with Crippen LogP contribution in [-0.2, 0) is 19.9 Å². The third kappa shape index (κ3) is 3.94. The average molecular weight is 271 g/mol. The summed E-state index contributed by atoms with van der Waals surface area (Å²) in [6.07, 6.45) is 5.18. The number of likely N-dealkylation sites (N-methyl/N-ethyl adjacent to an activating group) is 1. The summed E-state index contributed by atoms with van der Waals surface area (Å²) in [6.45, 7) is 5.39. The quantitative estimate of drug-likeness (QED) is 0.839. The van der Waals surface area contributed by atoms with Crippen LogP contribution < -0.4 is 5.32 Å². The molecule has 20 heavy (non-hydrogen) atoms. The Morgan fingerprint density at radius 3 is 2.70 bits per heavy atom. The predicted molar refractivity (Wildman–Crippen MR) is 83.9 cm³/mol. The summed E-state index contributed by atoms with van der Waals surface area (Å²) >= 11 is 0. The van der Waals surface area contributed by atoms with Gasteiger partial charge in [-0.15, -0.1) is 0 Å². The third-order valence-electron chi connectivity index (χ3n) is 3.89. The summed E-state index contributed by atoms with van der Waals surface area (Å²) in [5.41, 5.74) is 4.14. The fourth-order valence-electron chi connectivity index (χ4n) is 2.64. The van der Waals surface area contributed by atoms with E-state index in [1.807, 2.05) is 17.9 Å². The standard InChI is InChI=1S/C17H25N3/c1-4-18-16(9-10-17-11-12-19-20(17)3)13-15-8-6-5-7-14(15)2/h5-8,11-12,16,18H,4,9-10,13H2,1-3H3. The Labute approximate surface area is 122 Å². The fourth-order valence-corrected chi connectivity index (χ4v) is 2.64. The Hall–Kier alpha value is -1.61. The van der Waals surface area contributed by atoms with Crippen molar-refractivity contribution in [2.45, 2.75) is 39.2 Å². The molecule has 1 atom stereocenters. The maximum atomic E-state index is 4.23. The molecule has 0 aliphatic rings. The van der Waals surface area contributed by atoms with Crippen molar-refractivity contribution in [3.8, 4) is 0 Å². The van der Waals surface area contributed by atoms with Crippen molar-refractivity contribution in [1.82, 2.24) is 15.1 Å². The number of rotatable bonds is 7. The molecule has 108 valence electrons. The molecular formula is C17H25N3. The number of aromatic nitrogens is 2. The Morgan fingerprint density at radius 2 is 2.05 bits per heavy atom. The molecule has 2 aromatic rings. The average Bonchev–Trinajstić information content (AvgIpc) is 2.84. The first-order valence-electron chi connectivity index (χ1n) is 7.45. The lowest BCUT2D eigenvalue weighted by Gasteiger charge is -2.19. The first-order chi connectivity index (χ1) is 9.70. The second kappa shape index (κ2) is 7.25. The van der Waals surface area contributed by atoms with E-state index in [0.717, 1.165) is 25.8 Å². The van der Waals surface area contributed by atoms with E-state index in [9.17, 15) is 0 Å². The molecular weight excluding hydrogens is 246 g/mol. The fraction of sp³-hybridized carbons (Fsp3) is 0.471. The van der Waals surface area contributed by atoms with Crippen LogP contribution in [0.5, 0.6) is 0 Å². The van der Waals surface area contributed by atoms with E-state index in [-0.39, 0.29) is 0 Å². The molecule has 3 heteroatoms. The highest BCUT2D eigenvalue weighted by Crippen LogP contribution is 2.13. The van der Waals surface area contributed by atoms with Crippen molar-refractivity contribution >= 4 is 0 Å². The number of hydrogen-bond acceptors (Lipinski definition) is 2. The monoisotopic (exact) mass is 271 g/mol. The number of benzene rings is 1. The van der Waals surface area contributed by atoms with Crippen LogP contribution in [0.3, 0.4) is 0 Å². The van der Waals surface area contributed by atoms with E-state index in [1.54, 1.807) is 0 Å². The molecule has 1 unspecified atom stereocenters. The first kappa shape index (κ1) is 14.8. The normalized spacial score (nSPS) is 12.6. The third-order valence-corrected chi connectivity index (χ3v) is 3.89. The topological polar surface area (TPSA) is 29.9 Å². The Kier molecular flexibility index (Phi) is 5.36. The molecule has 0 aliphatic carbocycles. The molecule has 0 saturated heterocycles. The number of hydrogen-bond donors (Lipinski definition) is 1. The summed E-state index contributed by atoms with van der Waals surface area (Å²) in [5.74, 6) is 0. The molecule has 0 spiro atoms. The molecule has 0 bridgehead atoms. The van der Waals surface area contributed by atoms with Gasteiger partial charge in [-0.3, -0.25) is 4.68 Å². The minimum absolute atomic E-state index is 0.524. The SMILES string of the molecule is CCNC(CCc1ccnn1C)Cc1ccccc1C. The van der Waals surface area contributed by atoms with E-state index >= 15 is 0 Å². The molecule has 3 nitrogen and oxygen atoms in total. The summed E-state index contributed by atoms with van der Waals surface area (Å²) in [6, 6.07) is 11.3. The molecule has 0 amide bonds. The number of nitrogens with one attached hydrogen (secondary N) is 1. The van der Waals surface area contributed by atoms with Crippen molar-refractivity contribution in [2.75, 3.05) is 6.54 Å². The molecule has 0 aliphatic heterocycles. The van der Waals surface area contributed by atoms with Crippen LogP contribution >= 0.6 is 0 Å². The highest BCUT2D eigenvalue weighted by atomic mass is 15.2. The van der Waals surface area contributed by atoms with Gasteiger partial charge in [0.1, 0.15) is 0 Å². The Bertz CT molecular complexity index is 531. The predicted octanol–water partition coefficient (Wildman–Crippen LogP) is 2.88. The molecule has 0 saturated carbocycles. The van der Waals surface area contributed by atoms with Crippen LogP contribution in [0.1, 0.15) is 30.2 Å². The highest BCUT2D eigenvalue weighted by molar-refractivity contribution is 5.26. The van der Waals surface area contributed by atoms with Crippen LogP contribution in [-0.4, -0.2) is 22.4 Å². The van der Waals surface area contributed by atoms with E-state index in [1.165, 1.54) is 16.8 Å². The maximum absolute atomic E-state index is 4.23. The van der Waals surface area contributed by atoms with Gasteiger partial charge in [0.2, 0.25) is 0 Å². The van der Waals surface area contributed by atoms with Crippen LogP contribution in [0.15, 0.2) is 36.5 Å². The molecule has 0 radical (unpaired) electrons. The second-order valence-electron chi connectivity index (χ2n) is 5.37. The molecule has 1 N–H and O–H groups in total. The van der Waals surface area contributed by atoms with Crippen LogP contribution in [0.4, 0.5) is 0 Å². The highest BCUT2D eigenvalue weighted by Gasteiger charge is 2.11. The smallest absolute Gasteiger partial charge is 0.0492 e. The van der Waals surface area contributed by atoms with E-state index in [0.29, 0.717) is 6.04 Å². The summed E-state index contributed by atoms with van der Waals surface area (Å²) in [7, 11) is 2.01. The van der Waals surface area contributed by atoms with Crippen LogP contribution in [0.25, 0.3) is 0 Å². The molecule has 0 fully saturated rings. The Balaban J connectivity index is 1.97. The summed E-state index contributed by atoms with van der Waals surface area (Å²) in [4.78, 5) is 0. The lowest BCUT2D eigenvalue weighted by Crippen LogP contribution is -2.31. The van der Waals surface area contributed by atoms with Crippen molar-refractivity contribution in [3.63, 3.8) is 0 Å². The molecule has 1 heterocycles. The van der Waals surface area contributed by atoms with Crippen LogP contribution in [0, 0.1) is 6.92 Å². The van der Waals surface area contributed by atoms with Gasteiger partial charge in [0.05, 0.1) is 0 Å². The summed E-state index contributed by atoms with van der Waals surface area (Å²) < 4.78 is 1.97. The van der Waals surface area contributed by atoms with Gasteiger partial charge in [0.15, 0.2) is 0 Å². The van der Waals surface area contributed by atoms with Gasteiger partial charge in [0.25, 0.3) is 0 Å². The van der Waals surface area contributed by atoms with Gasteiger partial charge >= 0.3 is 0 Å². The van der Waals surface area contributed by atoms with Crippen molar-refractivity contribution in [2.24, 2.45) is 7.05 Å². The molecule has 2 rings (SSSR count). The van der Waals surface area contributed by atoms with Crippen molar-refractivity contribution in [3.05, 3.63) is 53.3 Å². The van der Waals surface area contributed by atoms with Crippen molar-refractivity contribution in [1.29, 1.82) is 0 Å². The van der Waals surface area contributed by atoms with Gasteiger partial charge in [0, 0.05) is 25.0 Å². The van der Waals surface area contributed by atoms with Gasteiger partial charge < -0.3 is 5.32 Å². The maximum Gasteiger partial charge on any atom is 0.0492 e. The van der Waals surface area contributed by atoms with Gasteiger partial charge in [-0.25, -0.2) is 0 Å². The van der Waals surface area contributed by atoms with E-state index < -0.39 is 0 Å². The number of aryl methyl sites for hydroxylation is 3. The lowest BCUT2D eigenvalue weighted by atomic mass is 9.97. The van der Waals surface area contributed by atoms with Crippen LogP contribution in [0.2, 0.25) is 0 Å². The van der Waals surface area contributed by atoms with Gasteiger partial charge in [-0.2, -0.15) is 5.10 Å². The molecule has 1 aromatic carbocycles. The van der Waals surface area contributed by atoms with Gasteiger partial charge in [-0.1, -0.05) is 31.2 Å². The molecule has 1 aromatic heterocycles. The van der Waals surface area contributed by atoms with Gasteiger partial charge in [-0.05, 0) is 49.9 Å². The lowest BCUT2D eigenvalue weighted by molar-refractivity contribution is 0.483. The zero-order chi connectivity index (χ0) is 14.4. The second-order valence-corrected chi connectivity index (χ2v) is 5.37. The first-order valence-corrected chi connectivity index (χ1v) is 7.45.